The molecule has 0 spiro atoms. The minimum atomic E-state index is -0.997. The first kappa shape index (κ1) is 10.9. The Morgan fingerprint density at radius 3 is 3.12 bits per heavy atom. The molecule has 86 valence electrons. The molecule has 5 heteroatoms. The van der Waals surface area contributed by atoms with Crippen molar-refractivity contribution >= 4 is 5.97 Å². The van der Waals surface area contributed by atoms with Crippen LogP contribution in [0.5, 0.6) is 0 Å². The molecule has 2 heterocycles. The molecule has 1 aromatic heterocycles. The molecule has 2 rings (SSSR count). The number of hydrogen-bond acceptors (Lipinski definition) is 3. The summed E-state index contributed by atoms with van der Waals surface area (Å²) in [6.45, 7) is 2.77. The molecule has 1 aliphatic heterocycles. The maximum atomic E-state index is 11.9. The van der Waals surface area contributed by atoms with E-state index in [-0.39, 0.29) is 17.5 Å². The smallest absolute Gasteiger partial charge is 0.308 e. The molecule has 0 aromatic carbocycles. The molecule has 0 radical (unpaired) electrons. The topological polar surface area (TPSA) is 72.2 Å². The fourth-order valence-corrected chi connectivity index (χ4v) is 2.01. The highest BCUT2D eigenvalue weighted by Crippen LogP contribution is 2.16. The fourth-order valence-electron chi connectivity index (χ4n) is 2.01. The Bertz CT molecular complexity index is 479. The lowest BCUT2D eigenvalue weighted by atomic mass is 10.00. The minimum absolute atomic E-state index is 0.195. The van der Waals surface area contributed by atoms with Crippen molar-refractivity contribution in [1.29, 1.82) is 0 Å². The SMILES string of the molecule is CC1CCn2c(ncc(CC(=O)O)c2=O)C1. The summed E-state index contributed by atoms with van der Waals surface area (Å²) in [5, 5.41) is 8.66. The van der Waals surface area contributed by atoms with Gasteiger partial charge in [0.1, 0.15) is 5.82 Å². The van der Waals surface area contributed by atoms with Crippen LogP contribution in [-0.2, 0) is 24.2 Å². The van der Waals surface area contributed by atoms with E-state index >= 15 is 0 Å². The molecule has 16 heavy (non-hydrogen) atoms. The van der Waals surface area contributed by atoms with Crippen molar-refractivity contribution in [3.8, 4) is 0 Å². The van der Waals surface area contributed by atoms with E-state index in [2.05, 4.69) is 11.9 Å². The zero-order chi connectivity index (χ0) is 11.7. The van der Waals surface area contributed by atoms with Crippen LogP contribution in [0.4, 0.5) is 0 Å². The molecule has 0 amide bonds. The number of carbonyl (C=O) groups is 1. The summed E-state index contributed by atoms with van der Waals surface area (Å²) in [5.41, 5.74) is 0.0742. The van der Waals surface area contributed by atoms with Crippen LogP contribution in [0.25, 0.3) is 0 Å². The number of fused-ring (bicyclic) bond motifs is 1. The maximum absolute atomic E-state index is 11.9. The van der Waals surface area contributed by atoms with Crippen molar-refractivity contribution in [2.45, 2.75) is 32.7 Å². The van der Waals surface area contributed by atoms with Crippen molar-refractivity contribution in [3.05, 3.63) is 27.9 Å². The van der Waals surface area contributed by atoms with Crippen LogP contribution in [0.3, 0.4) is 0 Å². The van der Waals surface area contributed by atoms with Gasteiger partial charge in [-0.25, -0.2) is 4.98 Å². The van der Waals surface area contributed by atoms with Gasteiger partial charge >= 0.3 is 5.97 Å². The monoisotopic (exact) mass is 222 g/mol. The van der Waals surface area contributed by atoms with Crippen LogP contribution >= 0.6 is 0 Å². The molecule has 0 bridgehead atoms. The van der Waals surface area contributed by atoms with E-state index in [4.69, 9.17) is 5.11 Å². The summed E-state index contributed by atoms with van der Waals surface area (Å²) in [4.78, 5) is 26.7. The van der Waals surface area contributed by atoms with Gasteiger partial charge in [0.05, 0.1) is 6.42 Å². The molecule has 1 aliphatic rings. The first-order valence-corrected chi connectivity index (χ1v) is 5.37. The minimum Gasteiger partial charge on any atom is -0.481 e. The standard InChI is InChI=1S/C11H14N2O3/c1-7-2-3-13-9(4-7)12-6-8(11(13)16)5-10(14)15/h6-7H,2-5H2,1H3,(H,14,15). The summed E-state index contributed by atoms with van der Waals surface area (Å²) in [6, 6.07) is 0. The highest BCUT2D eigenvalue weighted by atomic mass is 16.4. The van der Waals surface area contributed by atoms with Gasteiger partial charge in [-0.05, 0) is 12.3 Å². The van der Waals surface area contributed by atoms with Crippen LogP contribution in [0.1, 0.15) is 24.7 Å². The zero-order valence-electron chi connectivity index (χ0n) is 9.14. The van der Waals surface area contributed by atoms with E-state index < -0.39 is 5.97 Å². The lowest BCUT2D eigenvalue weighted by Crippen LogP contribution is -2.33. The third kappa shape index (κ3) is 1.98. The maximum Gasteiger partial charge on any atom is 0.308 e. The first-order valence-electron chi connectivity index (χ1n) is 5.37. The second-order valence-corrected chi connectivity index (χ2v) is 4.32. The molecule has 5 nitrogen and oxygen atoms in total. The molecule has 1 unspecified atom stereocenters. The highest BCUT2D eigenvalue weighted by Gasteiger charge is 2.19. The average Bonchev–Trinajstić information content (AvgIpc) is 2.22. The predicted molar refractivity (Wildman–Crippen MR) is 57.3 cm³/mol. The number of carboxylic acids is 1. The van der Waals surface area contributed by atoms with E-state index in [1.165, 1.54) is 6.20 Å². The lowest BCUT2D eigenvalue weighted by Gasteiger charge is -2.22. The van der Waals surface area contributed by atoms with Gasteiger partial charge in [0.2, 0.25) is 0 Å². The van der Waals surface area contributed by atoms with Crippen LogP contribution in [-0.4, -0.2) is 20.6 Å². The first-order chi connectivity index (χ1) is 7.58. The van der Waals surface area contributed by atoms with E-state index in [0.717, 1.165) is 18.7 Å². The number of rotatable bonds is 2. The van der Waals surface area contributed by atoms with Gasteiger partial charge in [0.15, 0.2) is 0 Å². The summed E-state index contributed by atoms with van der Waals surface area (Å²) < 4.78 is 1.61. The quantitative estimate of drug-likeness (QED) is 0.788. The largest absolute Gasteiger partial charge is 0.481 e. The van der Waals surface area contributed by atoms with Gasteiger partial charge < -0.3 is 5.11 Å². The summed E-state index contributed by atoms with van der Waals surface area (Å²) in [5.74, 6) is 0.318. The number of carboxylic acid groups (broad SMARTS) is 1. The fraction of sp³-hybridized carbons (Fsp3) is 0.545. The second-order valence-electron chi connectivity index (χ2n) is 4.32. The van der Waals surface area contributed by atoms with E-state index in [1.807, 2.05) is 0 Å². The molecule has 0 saturated carbocycles. The summed E-state index contributed by atoms with van der Waals surface area (Å²) >= 11 is 0. The summed E-state index contributed by atoms with van der Waals surface area (Å²) in [6.07, 6.45) is 2.90. The van der Waals surface area contributed by atoms with Crippen LogP contribution in [0, 0.1) is 5.92 Å². The Kier molecular flexibility index (Phi) is 2.77. The van der Waals surface area contributed by atoms with Crippen molar-refractivity contribution in [2.75, 3.05) is 0 Å². The van der Waals surface area contributed by atoms with Gasteiger partial charge in [0.25, 0.3) is 5.56 Å². The van der Waals surface area contributed by atoms with Gasteiger partial charge in [-0.2, -0.15) is 0 Å². The van der Waals surface area contributed by atoms with E-state index in [1.54, 1.807) is 4.57 Å². The van der Waals surface area contributed by atoms with Crippen LogP contribution in [0.2, 0.25) is 0 Å². The van der Waals surface area contributed by atoms with Crippen molar-refractivity contribution in [3.63, 3.8) is 0 Å². The highest BCUT2D eigenvalue weighted by molar-refractivity contribution is 5.69. The van der Waals surface area contributed by atoms with Crippen molar-refractivity contribution in [2.24, 2.45) is 5.92 Å². The second kappa shape index (κ2) is 4.08. The van der Waals surface area contributed by atoms with Crippen molar-refractivity contribution in [1.82, 2.24) is 9.55 Å². The van der Waals surface area contributed by atoms with Gasteiger partial charge in [0, 0.05) is 24.7 Å². The Hall–Kier alpha value is -1.65. The molecular formula is C11H14N2O3. The molecule has 0 aliphatic carbocycles. The molecule has 0 saturated heterocycles. The van der Waals surface area contributed by atoms with E-state index in [0.29, 0.717) is 12.5 Å². The normalized spacial score (nSPS) is 19.2. The van der Waals surface area contributed by atoms with Crippen LogP contribution < -0.4 is 5.56 Å². The van der Waals surface area contributed by atoms with Gasteiger partial charge in [-0.15, -0.1) is 0 Å². The average molecular weight is 222 g/mol. The van der Waals surface area contributed by atoms with Crippen molar-refractivity contribution < 1.29 is 9.90 Å². The van der Waals surface area contributed by atoms with Crippen LogP contribution in [0.15, 0.2) is 11.0 Å². The molecule has 1 aromatic rings. The number of hydrogen-bond donors (Lipinski definition) is 1. The predicted octanol–water partition coefficient (Wildman–Crippen LogP) is 0.453. The number of nitrogens with zero attached hydrogens (tertiary/aromatic N) is 2. The Morgan fingerprint density at radius 2 is 2.44 bits per heavy atom. The Labute approximate surface area is 92.7 Å². The lowest BCUT2D eigenvalue weighted by molar-refractivity contribution is -0.136. The third-order valence-electron chi connectivity index (χ3n) is 2.92. The van der Waals surface area contributed by atoms with E-state index in [9.17, 15) is 9.59 Å². The van der Waals surface area contributed by atoms with Gasteiger partial charge in [-0.3, -0.25) is 14.2 Å². The van der Waals surface area contributed by atoms with Gasteiger partial charge in [-0.1, -0.05) is 6.92 Å². The number of aliphatic carboxylic acids is 1. The Balaban J connectivity index is 2.40. The molecule has 0 fully saturated rings. The zero-order valence-corrected chi connectivity index (χ0v) is 9.14. The molecule has 1 atom stereocenters. The molecular weight excluding hydrogens is 208 g/mol. The molecule has 1 N–H and O–H groups in total. The number of aromatic nitrogens is 2. The third-order valence-corrected chi connectivity index (χ3v) is 2.92. The summed E-state index contributed by atoms with van der Waals surface area (Å²) in [7, 11) is 0. The Morgan fingerprint density at radius 1 is 1.69 bits per heavy atom.